The topological polar surface area (TPSA) is 173 Å². The average molecular weight is 400 g/mol. The first-order chi connectivity index (χ1) is 9.75. The molecular weight excluding hydrogens is 380 g/mol. The second-order valence-corrected chi connectivity index (χ2v) is 7.29. The molecule has 2 amide bonds. The fraction of sp³-hybridized carbons (Fsp3) is 0.800. The molecule has 0 aromatic heterocycles. The summed E-state index contributed by atoms with van der Waals surface area (Å²) in [5, 5.41) is 1.48. The maximum Gasteiger partial charge on any atom is 2.00 e. The summed E-state index contributed by atoms with van der Waals surface area (Å²) in [6.07, 6.45) is 0.177. The van der Waals surface area contributed by atoms with Crippen molar-refractivity contribution >= 4 is 69.8 Å². The van der Waals surface area contributed by atoms with Gasteiger partial charge in [0.15, 0.2) is 0 Å². The molecule has 0 spiro atoms. The molecule has 0 aliphatic carbocycles. The van der Waals surface area contributed by atoms with Crippen LogP contribution in [0, 0.1) is 0 Å². The van der Waals surface area contributed by atoms with Crippen molar-refractivity contribution in [2.75, 3.05) is 0 Å². The van der Waals surface area contributed by atoms with E-state index in [4.69, 9.17) is 0 Å². The summed E-state index contributed by atoms with van der Waals surface area (Å²) in [7, 11) is -8.78. The van der Waals surface area contributed by atoms with E-state index in [1.54, 1.807) is 0 Å². The van der Waals surface area contributed by atoms with Gasteiger partial charge < -0.3 is 19.7 Å². The van der Waals surface area contributed by atoms with Crippen LogP contribution < -0.4 is 10.6 Å². The van der Waals surface area contributed by atoms with E-state index in [1.165, 1.54) is 13.8 Å². The van der Waals surface area contributed by atoms with Gasteiger partial charge in [0.05, 0.1) is 0 Å². The number of carbonyl (C=O) groups is 2. The summed E-state index contributed by atoms with van der Waals surface area (Å²) in [5.74, 6) is -1.03. The zero-order chi connectivity index (χ0) is 18.1. The van der Waals surface area contributed by atoms with Gasteiger partial charge in [-0.1, -0.05) is 13.8 Å². The molecule has 2 N–H and O–H groups in total. The van der Waals surface area contributed by atoms with Crippen molar-refractivity contribution < 1.29 is 35.5 Å². The van der Waals surface area contributed by atoms with E-state index < -0.39 is 42.8 Å². The van der Waals surface area contributed by atoms with Crippen LogP contribution in [0.25, 0.3) is 0 Å². The SMILES string of the molecule is CCC(NC(C)=O)S(=O)(=O)[O-].CCC(NC(C)=O)S(=O)(=O)[O-].[Ca+2]. The smallest absolute Gasteiger partial charge is 0.746 e. The normalized spacial score (nSPS) is 13.5. The molecule has 0 aliphatic heterocycles. The summed E-state index contributed by atoms with van der Waals surface area (Å²) < 4.78 is 62.0. The number of carbonyl (C=O) groups excluding carboxylic acids is 2. The Kier molecular flexibility index (Phi) is 15.0. The molecule has 0 aliphatic rings. The van der Waals surface area contributed by atoms with Crippen molar-refractivity contribution in [2.45, 2.75) is 51.3 Å². The van der Waals surface area contributed by atoms with Crippen LogP contribution in [0.2, 0.25) is 0 Å². The van der Waals surface area contributed by atoms with E-state index in [-0.39, 0.29) is 50.6 Å². The van der Waals surface area contributed by atoms with Crippen molar-refractivity contribution in [2.24, 2.45) is 0 Å². The summed E-state index contributed by atoms with van der Waals surface area (Å²) in [4.78, 5) is 20.7. The molecule has 0 aromatic rings. The van der Waals surface area contributed by atoms with E-state index in [0.717, 1.165) is 13.8 Å². The molecule has 0 bridgehead atoms. The second-order valence-electron chi connectivity index (χ2n) is 4.18. The Labute approximate surface area is 166 Å². The maximum atomic E-state index is 10.3. The first kappa shape index (κ1) is 27.8. The van der Waals surface area contributed by atoms with Gasteiger partial charge in [0.1, 0.15) is 31.0 Å². The standard InChI is InChI=1S/2C5H11NO4S.Ca/c2*1-3-5(6-4(2)7)11(8,9)10;/h2*5H,3H2,1-2H3,(H,6,7)(H,8,9,10);/q;;+2/p-2. The molecule has 0 aromatic carbocycles. The number of nitrogens with one attached hydrogen (secondary N) is 2. The number of rotatable bonds is 6. The van der Waals surface area contributed by atoms with Crippen LogP contribution in [-0.4, -0.2) is 86.2 Å². The minimum atomic E-state index is -4.39. The summed E-state index contributed by atoms with van der Waals surface area (Å²) in [6.45, 7) is 5.34. The fourth-order valence-electron chi connectivity index (χ4n) is 1.21. The molecule has 0 saturated carbocycles. The molecule has 23 heavy (non-hydrogen) atoms. The van der Waals surface area contributed by atoms with Crippen LogP contribution in [0.3, 0.4) is 0 Å². The van der Waals surface area contributed by atoms with Gasteiger partial charge in [-0.3, -0.25) is 9.59 Å². The third-order valence-electron chi connectivity index (χ3n) is 2.17. The van der Waals surface area contributed by atoms with Crippen molar-refractivity contribution in [3.63, 3.8) is 0 Å². The Morgan fingerprint density at radius 2 is 1.04 bits per heavy atom. The van der Waals surface area contributed by atoms with E-state index in [1.807, 2.05) is 10.6 Å². The van der Waals surface area contributed by atoms with Gasteiger partial charge in [-0.05, 0) is 12.8 Å². The van der Waals surface area contributed by atoms with E-state index >= 15 is 0 Å². The van der Waals surface area contributed by atoms with Crippen LogP contribution in [0.1, 0.15) is 40.5 Å². The molecule has 0 radical (unpaired) electrons. The minimum Gasteiger partial charge on any atom is -0.746 e. The van der Waals surface area contributed by atoms with Crippen LogP contribution in [0.15, 0.2) is 0 Å². The van der Waals surface area contributed by atoms with Gasteiger partial charge in [0.25, 0.3) is 0 Å². The fourth-order valence-corrected chi connectivity index (χ4v) is 2.65. The van der Waals surface area contributed by atoms with Gasteiger partial charge in [-0.2, -0.15) is 0 Å². The van der Waals surface area contributed by atoms with Crippen LogP contribution in [-0.2, 0) is 29.8 Å². The van der Waals surface area contributed by atoms with Crippen LogP contribution in [0.4, 0.5) is 0 Å². The molecule has 2 unspecified atom stereocenters. The Bertz CT molecular complexity index is 524. The van der Waals surface area contributed by atoms with Crippen molar-refractivity contribution in [3.8, 4) is 0 Å². The molecule has 10 nitrogen and oxygen atoms in total. The van der Waals surface area contributed by atoms with E-state index in [9.17, 15) is 35.5 Å². The summed E-state index contributed by atoms with van der Waals surface area (Å²) in [5.41, 5.74) is 0. The van der Waals surface area contributed by atoms with Gasteiger partial charge in [-0.25, -0.2) is 16.8 Å². The molecule has 2 atom stereocenters. The molecule has 132 valence electrons. The largest absolute Gasteiger partial charge is 2.00 e. The molecular formula is C10H20CaN2O8S2. The van der Waals surface area contributed by atoms with Crippen molar-refractivity contribution in [1.82, 2.24) is 10.6 Å². The number of hydrogen-bond donors (Lipinski definition) is 2. The Hall–Kier alpha value is 0.0197. The maximum absolute atomic E-state index is 10.3. The van der Waals surface area contributed by atoms with E-state index in [0.29, 0.717) is 0 Å². The van der Waals surface area contributed by atoms with Gasteiger partial charge in [0, 0.05) is 13.8 Å². The molecule has 0 fully saturated rings. The molecule has 13 heteroatoms. The third kappa shape index (κ3) is 15.3. The van der Waals surface area contributed by atoms with Crippen LogP contribution in [0.5, 0.6) is 0 Å². The predicted molar refractivity (Wildman–Crippen MR) is 80.9 cm³/mol. The van der Waals surface area contributed by atoms with Gasteiger partial charge >= 0.3 is 37.7 Å². The average Bonchev–Trinajstić information content (AvgIpc) is 2.30. The summed E-state index contributed by atoms with van der Waals surface area (Å²) >= 11 is 0. The van der Waals surface area contributed by atoms with Gasteiger partial charge in [-0.15, -0.1) is 0 Å². The molecule has 0 heterocycles. The first-order valence-corrected chi connectivity index (χ1v) is 9.13. The number of amides is 2. The number of hydrogen-bond acceptors (Lipinski definition) is 8. The van der Waals surface area contributed by atoms with E-state index in [2.05, 4.69) is 0 Å². The molecule has 0 rings (SSSR count). The zero-order valence-electron chi connectivity index (χ0n) is 13.4. The second kappa shape index (κ2) is 12.4. The molecule has 0 saturated heterocycles. The Balaban J connectivity index is -0.000000333. The Morgan fingerprint density at radius 3 is 1.09 bits per heavy atom. The quantitative estimate of drug-likeness (QED) is 0.397. The monoisotopic (exact) mass is 400 g/mol. The predicted octanol–water partition coefficient (Wildman–Crippen LogP) is -1.57. The Morgan fingerprint density at radius 1 is 0.826 bits per heavy atom. The van der Waals surface area contributed by atoms with Crippen molar-refractivity contribution in [1.29, 1.82) is 0 Å². The zero-order valence-corrected chi connectivity index (χ0v) is 17.2. The van der Waals surface area contributed by atoms with Crippen molar-refractivity contribution in [3.05, 3.63) is 0 Å². The minimum absolute atomic E-state index is 0. The third-order valence-corrected chi connectivity index (χ3v) is 4.46. The van der Waals surface area contributed by atoms with Crippen LogP contribution >= 0.6 is 0 Å². The first-order valence-electron chi connectivity index (χ1n) is 6.19. The summed E-state index contributed by atoms with van der Waals surface area (Å²) in [6, 6.07) is 0. The van der Waals surface area contributed by atoms with Gasteiger partial charge in [0.2, 0.25) is 11.8 Å².